The average molecular weight is 188 g/mol. The maximum absolute atomic E-state index is 12.1. The molecule has 0 aromatic heterocycles. The van der Waals surface area contributed by atoms with Crippen LogP contribution >= 0.6 is 0 Å². The normalized spacial score (nSPS) is 23.2. The second kappa shape index (κ2) is 3.62. The molecule has 0 aromatic carbocycles. The third kappa shape index (κ3) is 2.40. The first-order valence-electron chi connectivity index (χ1n) is 4.56. The van der Waals surface area contributed by atoms with Crippen molar-refractivity contribution in [2.75, 3.05) is 19.8 Å². The molecule has 1 rings (SSSR count). The van der Waals surface area contributed by atoms with E-state index < -0.39 is 12.7 Å². The van der Waals surface area contributed by atoms with Gasteiger partial charge in [0.1, 0.15) is 12.7 Å². The van der Waals surface area contributed by atoms with Gasteiger partial charge < -0.3 is 10.6 Å². The van der Waals surface area contributed by atoms with E-state index in [2.05, 4.69) is 13.8 Å². The van der Waals surface area contributed by atoms with Crippen molar-refractivity contribution in [1.29, 1.82) is 0 Å². The van der Waals surface area contributed by atoms with Gasteiger partial charge in [0.05, 0.1) is 0 Å². The van der Waals surface area contributed by atoms with Gasteiger partial charge in [0.25, 0.3) is 0 Å². The monoisotopic (exact) mass is 188 g/mol. The zero-order valence-electron chi connectivity index (χ0n) is 8.22. The van der Waals surface area contributed by atoms with Crippen molar-refractivity contribution in [3.63, 3.8) is 0 Å². The fraction of sp³-hybridized carbons (Fsp3) is 0.889. The summed E-state index contributed by atoms with van der Waals surface area (Å²) >= 11 is 0. The lowest BCUT2D eigenvalue weighted by molar-refractivity contribution is -0.132. The Kier molecular flexibility index (Phi) is 2.91. The Morgan fingerprint density at radius 3 is 2.69 bits per heavy atom. The summed E-state index contributed by atoms with van der Waals surface area (Å²) in [5.74, 6) is -0.256. The summed E-state index contributed by atoms with van der Waals surface area (Å²) in [4.78, 5) is 13.1. The molecule has 1 aliphatic heterocycles. The van der Waals surface area contributed by atoms with Crippen LogP contribution in [-0.2, 0) is 4.79 Å². The van der Waals surface area contributed by atoms with Gasteiger partial charge in [-0.1, -0.05) is 13.8 Å². The number of hydrogen-bond donors (Lipinski definition) is 1. The summed E-state index contributed by atoms with van der Waals surface area (Å²) in [7, 11) is 0. The van der Waals surface area contributed by atoms with Crippen molar-refractivity contribution in [3.8, 4) is 0 Å². The molecule has 0 aromatic rings. The van der Waals surface area contributed by atoms with Gasteiger partial charge in [-0.05, 0) is 11.8 Å². The minimum absolute atomic E-state index is 0.158. The van der Waals surface area contributed by atoms with E-state index in [1.54, 1.807) is 4.90 Å². The summed E-state index contributed by atoms with van der Waals surface area (Å²) in [5, 5.41) is 0. The lowest BCUT2D eigenvalue weighted by Crippen LogP contribution is -2.44. The van der Waals surface area contributed by atoms with Crippen molar-refractivity contribution >= 4 is 5.91 Å². The summed E-state index contributed by atoms with van der Waals surface area (Å²) in [5.41, 5.74) is 5.48. The second-order valence-corrected chi connectivity index (χ2v) is 4.43. The van der Waals surface area contributed by atoms with Crippen molar-refractivity contribution < 1.29 is 9.18 Å². The Hall–Kier alpha value is -0.640. The number of amides is 1. The highest BCUT2D eigenvalue weighted by Crippen LogP contribution is 2.28. The van der Waals surface area contributed by atoms with Crippen molar-refractivity contribution in [3.05, 3.63) is 0 Å². The van der Waals surface area contributed by atoms with E-state index in [4.69, 9.17) is 5.73 Å². The number of carbonyl (C=O) groups is 1. The number of hydrogen-bond acceptors (Lipinski definition) is 2. The third-order valence-corrected chi connectivity index (χ3v) is 2.47. The molecule has 0 bridgehead atoms. The molecule has 0 unspecified atom stereocenters. The van der Waals surface area contributed by atoms with Crippen molar-refractivity contribution in [1.82, 2.24) is 4.90 Å². The van der Waals surface area contributed by atoms with E-state index in [0.29, 0.717) is 13.1 Å². The predicted octanol–water partition coefficient (Wildman–Crippen LogP) is 0.542. The molecule has 0 aliphatic carbocycles. The summed E-state index contributed by atoms with van der Waals surface area (Å²) in [6.45, 7) is 4.83. The van der Waals surface area contributed by atoms with Crippen LogP contribution in [0.25, 0.3) is 0 Å². The molecule has 1 aliphatic rings. The zero-order valence-corrected chi connectivity index (χ0v) is 8.22. The molecule has 76 valence electrons. The van der Waals surface area contributed by atoms with E-state index >= 15 is 0 Å². The van der Waals surface area contributed by atoms with Crippen LogP contribution in [0.5, 0.6) is 0 Å². The van der Waals surface area contributed by atoms with Crippen LogP contribution in [0.15, 0.2) is 0 Å². The van der Waals surface area contributed by atoms with E-state index in [1.807, 2.05) is 0 Å². The number of rotatable bonds is 2. The SMILES string of the molecule is CC1(C)CCN(C(=O)[C@@H](N)CF)C1. The molecule has 4 heteroatoms. The smallest absolute Gasteiger partial charge is 0.242 e. The minimum Gasteiger partial charge on any atom is -0.341 e. The van der Waals surface area contributed by atoms with Gasteiger partial charge in [0.2, 0.25) is 5.91 Å². The molecular formula is C9H17FN2O. The average Bonchev–Trinajstić information content (AvgIpc) is 2.43. The molecule has 13 heavy (non-hydrogen) atoms. The topological polar surface area (TPSA) is 46.3 Å². The van der Waals surface area contributed by atoms with Crippen LogP contribution in [0.3, 0.4) is 0 Å². The number of halogens is 1. The number of nitrogens with zero attached hydrogens (tertiary/aromatic N) is 1. The lowest BCUT2D eigenvalue weighted by atomic mass is 9.93. The first kappa shape index (κ1) is 10.4. The van der Waals surface area contributed by atoms with Crippen LogP contribution in [0.4, 0.5) is 4.39 Å². The highest BCUT2D eigenvalue weighted by molar-refractivity contribution is 5.82. The van der Waals surface area contributed by atoms with E-state index in [9.17, 15) is 9.18 Å². The zero-order chi connectivity index (χ0) is 10.1. The molecule has 1 atom stereocenters. The van der Waals surface area contributed by atoms with Crippen LogP contribution in [0.2, 0.25) is 0 Å². The largest absolute Gasteiger partial charge is 0.341 e. The van der Waals surface area contributed by atoms with E-state index in [-0.39, 0.29) is 11.3 Å². The fourth-order valence-corrected chi connectivity index (χ4v) is 1.60. The maximum Gasteiger partial charge on any atom is 0.242 e. The van der Waals surface area contributed by atoms with Gasteiger partial charge >= 0.3 is 0 Å². The lowest BCUT2D eigenvalue weighted by Gasteiger charge is -2.21. The molecule has 1 heterocycles. The van der Waals surface area contributed by atoms with E-state index in [1.165, 1.54) is 0 Å². The number of likely N-dealkylation sites (tertiary alicyclic amines) is 1. The van der Waals surface area contributed by atoms with Gasteiger partial charge in [0.15, 0.2) is 0 Å². The summed E-state index contributed by atoms with van der Waals surface area (Å²) < 4.78 is 12.1. The fourth-order valence-electron chi connectivity index (χ4n) is 1.60. The Labute approximate surface area is 78.1 Å². The van der Waals surface area contributed by atoms with Crippen LogP contribution < -0.4 is 5.73 Å². The number of alkyl halides is 1. The molecular weight excluding hydrogens is 171 g/mol. The highest BCUT2D eigenvalue weighted by Gasteiger charge is 2.33. The molecule has 1 saturated heterocycles. The summed E-state index contributed by atoms with van der Waals surface area (Å²) in [6, 6.07) is -0.964. The quantitative estimate of drug-likeness (QED) is 0.687. The van der Waals surface area contributed by atoms with Gasteiger partial charge in [-0.2, -0.15) is 0 Å². The molecule has 2 N–H and O–H groups in total. The standard InChI is InChI=1S/C9H17FN2O/c1-9(2)3-4-12(6-9)8(13)7(11)5-10/h7H,3-6,11H2,1-2H3/t7-/m0/s1. The van der Waals surface area contributed by atoms with Gasteiger partial charge in [-0.15, -0.1) is 0 Å². The molecule has 0 radical (unpaired) electrons. The maximum atomic E-state index is 12.1. The number of nitrogens with two attached hydrogens (primary N) is 1. The Morgan fingerprint density at radius 1 is 1.69 bits per heavy atom. The van der Waals surface area contributed by atoms with Crippen molar-refractivity contribution in [2.45, 2.75) is 26.3 Å². The van der Waals surface area contributed by atoms with Crippen LogP contribution in [-0.4, -0.2) is 36.6 Å². The molecule has 0 saturated carbocycles. The molecule has 1 fully saturated rings. The first-order chi connectivity index (χ1) is 5.96. The first-order valence-corrected chi connectivity index (χ1v) is 4.56. The molecule has 0 spiro atoms. The Balaban J connectivity index is 2.51. The third-order valence-electron chi connectivity index (χ3n) is 2.47. The molecule has 1 amide bonds. The number of carbonyl (C=O) groups excluding carboxylic acids is 1. The predicted molar refractivity (Wildman–Crippen MR) is 48.9 cm³/mol. The van der Waals surface area contributed by atoms with Crippen LogP contribution in [0, 0.1) is 5.41 Å². The van der Waals surface area contributed by atoms with Crippen LogP contribution in [0.1, 0.15) is 20.3 Å². The van der Waals surface area contributed by atoms with Gasteiger partial charge in [-0.3, -0.25) is 4.79 Å². The van der Waals surface area contributed by atoms with E-state index in [0.717, 1.165) is 6.42 Å². The van der Waals surface area contributed by atoms with Gasteiger partial charge in [-0.25, -0.2) is 4.39 Å². The second-order valence-electron chi connectivity index (χ2n) is 4.43. The molecule has 3 nitrogen and oxygen atoms in total. The Morgan fingerprint density at radius 2 is 2.31 bits per heavy atom. The highest BCUT2D eigenvalue weighted by atomic mass is 19.1. The van der Waals surface area contributed by atoms with Gasteiger partial charge in [0, 0.05) is 13.1 Å². The Bertz CT molecular complexity index is 206. The minimum atomic E-state index is -0.964. The van der Waals surface area contributed by atoms with Crippen molar-refractivity contribution in [2.24, 2.45) is 11.1 Å². The summed E-state index contributed by atoms with van der Waals surface area (Å²) in [6.07, 6.45) is 0.970.